The second-order valence-corrected chi connectivity index (χ2v) is 6.79. The van der Waals surface area contributed by atoms with Crippen LogP contribution in [0.2, 0.25) is 0 Å². The molecule has 3 heteroatoms. The normalized spacial score (nSPS) is 15.7. The Balaban J connectivity index is 2.12. The predicted octanol–water partition coefficient (Wildman–Crippen LogP) is 4.86. The van der Waals surface area contributed by atoms with E-state index in [1.807, 2.05) is 6.92 Å². The molecule has 2 aromatic carbocycles. The Kier molecular flexibility index (Phi) is 4.05. The molecule has 0 fully saturated rings. The van der Waals surface area contributed by atoms with Crippen LogP contribution in [0.4, 0.5) is 11.4 Å². The summed E-state index contributed by atoms with van der Waals surface area (Å²) in [5.74, 6) is 0. The van der Waals surface area contributed by atoms with E-state index in [1.165, 1.54) is 34.5 Å². The van der Waals surface area contributed by atoms with E-state index in [-0.39, 0.29) is 6.04 Å². The van der Waals surface area contributed by atoms with E-state index in [9.17, 15) is 0 Å². The summed E-state index contributed by atoms with van der Waals surface area (Å²) in [6, 6.07) is 13.2. The smallest absolute Gasteiger partial charge is 0.0470 e. The van der Waals surface area contributed by atoms with E-state index in [2.05, 4.69) is 64.2 Å². The molecule has 21 heavy (non-hydrogen) atoms. The third-order valence-electron chi connectivity index (χ3n) is 4.13. The van der Waals surface area contributed by atoms with E-state index in [0.717, 1.165) is 17.4 Å². The first-order valence-corrected chi connectivity index (χ1v) is 8.27. The van der Waals surface area contributed by atoms with E-state index < -0.39 is 0 Å². The van der Waals surface area contributed by atoms with Gasteiger partial charge in [-0.3, -0.25) is 0 Å². The lowest BCUT2D eigenvalue weighted by molar-refractivity contribution is 0.750. The standard InChI is InChI=1S/C18H21BrN2/c1-12-5-8-17-14(10-12)4-3-9-21(17)18-11-15(19)6-7-16(18)13(2)20/h5-8,10-11,13H,3-4,9,20H2,1-2H3. The number of hydrogen-bond donors (Lipinski definition) is 1. The first-order chi connectivity index (χ1) is 10.1. The third-order valence-corrected chi connectivity index (χ3v) is 4.62. The van der Waals surface area contributed by atoms with Crippen molar-refractivity contribution in [1.82, 2.24) is 0 Å². The topological polar surface area (TPSA) is 29.3 Å². The van der Waals surface area contributed by atoms with Crippen molar-refractivity contribution in [3.05, 3.63) is 57.6 Å². The van der Waals surface area contributed by atoms with Crippen molar-refractivity contribution < 1.29 is 0 Å². The fourth-order valence-corrected chi connectivity index (χ4v) is 3.46. The molecule has 1 aliphatic heterocycles. The van der Waals surface area contributed by atoms with Crippen LogP contribution in [-0.4, -0.2) is 6.54 Å². The summed E-state index contributed by atoms with van der Waals surface area (Å²) in [5.41, 5.74) is 12.7. The largest absolute Gasteiger partial charge is 0.341 e. The minimum Gasteiger partial charge on any atom is -0.341 e. The molecule has 1 unspecified atom stereocenters. The van der Waals surface area contributed by atoms with Crippen molar-refractivity contribution in [2.45, 2.75) is 32.7 Å². The van der Waals surface area contributed by atoms with E-state index in [1.54, 1.807) is 0 Å². The van der Waals surface area contributed by atoms with Gasteiger partial charge in [-0.15, -0.1) is 0 Å². The number of hydrogen-bond acceptors (Lipinski definition) is 2. The van der Waals surface area contributed by atoms with Crippen LogP contribution in [0.5, 0.6) is 0 Å². The van der Waals surface area contributed by atoms with Gasteiger partial charge in [0, 0.05) is 28.4 Å². The Bertz CT molecular complexity index is 664. The first-order valence-electron chi connectivity index (χ1n) is 7.48. The van der Waals surface area contributed by atoms with Gasteiger partial charge in [0.25, 0.3) is 0 Å². The van der Waals surface area contributed by atoms with Gasteiger partial charge in [-0.1, -0.05) is 39.7 Å². The molecule has 1 aliphatic rings. The van der Waals surface area contributed by atoms with Gasteiger partial charge in [-0.25, -0.2) is 0 Å². The fourth-order valence-electron chi connectivity index (χ4n) is 3.11. The molecule has 2 aromatic rings. The SMILES string of the molecule is Cc1ccc2c(c1)CCCN2c1cc(Br)ccc1C(C)N. The van der Waals surface area contributed by atoms with E-state index in [0.29, 0.717) is 0 Å². The number of rotatable bonds is 2. The van der Waals surface area contributed by atoms with Crippen LogP contribution < -0.4 is 10.6 Å². The molecule has 0 amide bonds. The lowest BCUT2D eigenvalue weighted by atomic mass is 9.97. The second kappa shape index (κ2) is 5.82. The first kappa shape index (κ1) is 14.6. The third kappa shape index (κ3) is 2.85. The molecule has 2 nitrogen and oxygen atoms in total. The van der Waals surface area contributed by atoms with Crippen LogP contribution in [0.25, 0.3) is 0 Å². The summed E-state index contributed by atoms with van der Waals surface area (Å²) in [6.45, 7) is 5.25. The van der Waals surface area contributed by atoms with Crippen molar-refractivity contribution in [3.63, 3.8) is 0 Å². The zero-order valence-corrected chi connectivity index (χ0v) is 14.2. The minimum atomic E-state index is 0.0314. The summed E-state index contributed by atoms with van der Waals surface area (Å²) in [7, 11) is 0. The van der Waals surface area contributed by atoms with Crippen LogP contribution in [0.15, 0.2) is 40.9 Å². The molecule has 0 aromatic heterocycles. The molecule has 0 aliphatic carbocycles. The molecule has 1 atom stereocenters. The lowest BCUT2D eigenvalue weighted by Crippen LogP contribution is -2.26. The summed E-state index contributed by atoms with van der Waals surface area (Å²) < 4.78 is 1.10. The molecular formula is C18H21BrN2. The molecule has 0 saturated heterocycles. The lowest BCUT2D eigenvalue weighted by Gasteiger charge is -2.34. The molecule has 110 valence electrons. The summed E-state index contributed by atoms with van der Waals surface area (Å²) in [6.07, 6.45) is 2.34. The maximum absolute atomic E-state index is 6.17. The van der Waals surface area contributed by atoms with Crippen LogP contribution in [0.3, 0.4) is 0 Å². The Morgan fingerprint density at radius 3 is 2.71 bits per heavy atom. The van der Waals surface area contributed by atoms with Crippen molar-refractivity contribution in [2.24, 2.45) is 5.73 Å². The van der Waals surface area contributed by atoms with Crippen molar-refractivity contribution in [1.29, 1.82) is 0 Å². The van der Waals surface area contributed by atoms with Crippen LogP contribution in [0.1, 0.15) is 36.1 Å². The Morgan fingerprint density at radius 1 is 1.14 bits per heavy atom. The maximum Gasteiger partial charge on any atom is 0.0470 e. The van der Waals surface area contributed by atoms with Gasteiger partial charge in [0.2, 0.25) is 0 Å². The highest BCUT2D eigenvalue weighted by molar-refractivity contribution is 9.10. The monoisotopic (exact) mass is 344 g/mol. The zero-order chi connectivity index (χ0) is 15.0. The number of anilines is 2. The molecule has 0 spiro atoms. The summed E-state index contributed by atoms with van der Waals surface area (Å²) in [4.78, 5) is 2.42. The van der Waals surface area contributed by atoms with Crippen LogP contribution in [0, 0.1) is 6.92 Å². The molecular weight excluding hydrogens is 324 g/mol. The minimum absolute atomic E-state index is 0.0314. The van der Waals surface area contributed by atoms with Gasteiger partial charge in [-0.05, 0) is 56.0 Å². The highest BCUT2D eigenvalue weighted by Crippen LogP contribution is 2.38. The number of halogens is 1. The Hall–Kier alpha value is -1.32. The zero-order valence-electron chi connectivity index (χ0n) is 12.6. The van der Waals surface area contributed by atoms with Crippen LogP contribution >= 0.6 is 15.9 Å². The predicted molar refractivity (Wildman–Crippen MR) is 93.3 cm³/mol. The maximum atomic E-state index is 6.17. The molecule has 0 bridgehead atoms. The van der Waals surface area contributed by atoms with Gasteiger partial charge in [0.1, 0.15) is 0 Å². The second-order valence-electron chi connectivity index (χ2n) is 5.88. The van der Waals surface area contributed by atoms with Gasteiger partial charge >= 0.3 is 0 Å². The summed E-state index contributed by atoms with van der Waals surface area (Å²) >= 11 is 3.60. The number of aryl methyl sites for hydroxylation is 2. The number of nitrogens with zero attached hydrogens (tertiary/aromatic N) is 1. The number of nitrogens with two attached hydrogens (primary N) is 1. The van der Waals surface area contributed by atoms with Gasteiger partial charge < -0.3 is 10.6 Å². The molecule has 1 heterocycles. The van der Waals surface area contributed by atoms with Crippen molar-refractivity contribution in [2.75, 3.05) is 11.4 Å². The Labute approximate surface area is 135 Å². The van der Waals surface area contributed by atoms with Gasteiger partial charge in [0.05, 0.1) is 0 Å². The van der Waals surface area contributed by atoms with Crippen molar-refractivity contribution in [3.8, 4) is 0 Å². The van der Waals surface area contributed by atoms with E-state index in [4.69, 9.17) is 5.73 Å². The average Bonchev–Trinajstić information content (AvgIpc) is 2.45. The van der Waals surface area contributed by atoms with E-state index >= 15 is 0 Å². The van der Waals surface area contributed by atoms with Gasteiger partial charge in [-0.2, -0.15) is 0 Å². The molecule has 0 saturated carbocycles. The molecule has 2 N–H and O–H groups in total. The van der Waals surface area contributed by atoms with Crippen LogP contribution in [-0.2, 0) is 6.42 Å². The Morgan fingerprint density at radius 2 is 1.95 bits per heavy atom. The fraction of sp³-hybridized carbons (Fsp3) is 0.333. The van der Waals surface area contributed by atoms with Gasteiger partial charge in [0.15, 0.2) is 0 Å². The quantitative estimate of drug-likeness (QED) is 0.842. The number of fused-ring (bicyclic) bond motifs is 1. The highest BCUT2D eigenvalue weighted by atomic mass is 79.9. The molecule has 0 radical (unpaired) electrons. The average molecular weight is 345 g/mol. The number of benzene rings is 2. The summed E-state index contributed by atoms with van der Waals surface area (Å²) in [5, 5.41) is 0. The van der Waals surface area contributed by atoms with Crippen molar-refractivity contribution >= 4 is 27.3 Å². The highest BCUT2D eigenvalue weighted by Gasteiger charge is 2.21. The molecule has 3 rings (SSSR count).